The minimum atomic E-state index is -0.267. The fourth-order valence-corrected chi connectivity index (χ4v) is 3.78. The normalized spacial score (nSPS) is 12.2. The van der Waals surface area contributed by atoms with Crippen molar-refractivity contribution in [3.05, 3.63) is 80.4 Å². The van der Waals surface area contributed by atoms with Crippen LogP contribution in [0.2, 0.25) is 0 Å². The van der Waals surface area contributed by atoms with E-state index in [4.69, 9.17) is 11.5 Å². The largest absolute Gasteiger partial charge is 0.404 e. The third kappa shape index (κ3) is 3.49. The first-order valence-corrected chi connectivity index (χ1v) is 9.64. The maximum absolute atomic E-state index is 12.3. The second-order valence-corrected chi connectivity index (χ2v) is 6.88. The zero-order valence-corrected chi connectivity index (χ0v) is 17.3. The van der Waals surface area contributed by atoms with Gasteiger partial charge in [0.05, 0.1) is 22.4 Å². The Morgan fingerprint density at radius 1 is 1.37 bits per heavy atom. The summed E-state index contributed by atoms with van der Waals surface area (Å²) in [5.74, 6) is 0. The van der Waals surface area contributed by atoms with E-state index in [0.717, 1.165) is 28.7 Å². The molecule has 2 aromatic carbocycles. The molecule has 0 unspecified atom stereocenters. The molecule has 152 valence electrons. The molecule has 0 spiro atoms. The smallest absolute Gasteiger partial charge is 0.272 e. The number of aliphatic imine (C=N–C) groups is 1. The maximum atomic E-state index is 12.3. The number of nitriles is 1. The van der Waals surface area contributed by atoms with Gasteiger partial charge in [0.2, 0.25) is 0 Å². The number of fused-ring (bicyclic) bond motifs is 1. The summed E-state index contributed by atoms with van der Waals surface area (Å²) in [6.45, 7) is 4.05. The SMILES string of the molecule is CCc1cccc(C(=NC)/C(=C\N)c2cc(C)c3c(=O)[nH]nc(CN)c3c2)c1C#N. The van der Waals surface area contributed by atoms with Crippen molar-refractivity contribution in [2.75, 3.05) is 7.05 Å². The molecule has 5 N–H and O–H groups in total. The van der Waals surface area contributed by atoms with Crippen molar-refractivity contribution in [1.29, 1.82) is 5.26 Å². The lowest BCUT2D eigenvalue weighted by atomic mass is 9.89. The predicted octanol–water partition coefficient (Wildman–Crippen LogP) is 2.54. The summed E-state index contributed by atoms with van der Waals surface area (Å²) < 4.78 is 0. The van der Waals surface area contributed by atoms with Crippen LogP contribution in [-0.4, -0.2) is 23.0 Å². The first-order chi connectivity index (χ1) is 14.5. The van der Waals surface area contributed by atoms with Crippen LogP contribution in [-0.2, 0) is 13.0 Å². The Hall–Kier alpha value is -3.76. The highest BCUT2D eigenvalue weighted by molar-refractivity contribution is 6.32. The van der Waals surface area contributed by atoms with Crippen LogP contribution in [0.1, 0.15) is 40.4 Å². The van der Waals surface area contributed by atoms with Gasteiger partial charge in [-0.3, -0.25) is 9.79 Å². The lowest BCUT2D eigenvalue weighted by Crippen LogP contribution is -2.15. The van der Waals surface area contributed by atoms with E-state index in [2.05, 4.69) is 21.3 Å². The van der Waals surface area contributed by atoms with Gasteiger partial charge in [0.25, 0.3) is 5.56 Å². The zero-order chi connectivity index (χ0) is 21.8. The van der Waals surface area contributed by atoms with Crippen LogP contribution >= 0.6 is 0 Å². The molecule has 3 aromatic rings. The van der Waals surface area contributed by atoms with Crippen LogP contribution in [0.25, 0.3) is 16.3 Å². The Morgan fingerprint density at radius 3 is 2.73 bits per heavy atom. The molecular weight excluding hydrogens is 376 g/mol. The highest BCUT2D eigenvalue weighted by Crippen LogP contribution is 2.28. The number of aromatic amines is 1. The summed E-state index contributed by atoms with van der Waals surface area (Å²) in [5, 5.41) is 17.6. The molecule has 0 aliphatic carbocycles. The first-order valence-electron chi connectivity index (χ1n) is 9.64. The van der Waals surface area contributed by atoms with Crippen molar-refractivity contribution in [1.82, 2.24) is 10.2 Å². The summed E-state index contributed by atoms with van der Waals surface area (Å²) in [5.41, 5.74) is 17.3. The van der Waals surface area contributed by atoms with E-state index in [1.165, 1.54) is 6.20 Å². The molecule has 7 nitrogen and oxygen atoms in total. The van der Waals surface area contributed by atoms with E-state index >= 15 is 0 Å². The van der Waals surface area contributed by atoms with Gasteiger partial charge in [0.15, 0.2) is 0 Å². The molecule has 0 atom stereocenters. The highest BCUT2D eigenvalue weighted by atomic mass is 16.1. The van der Waals surface area contributed by atoms with Crippen LogP contribution in [0.3, 0.4) is 0 Å². The quantitative estimate of drug-likeness (QED) is 0.566. The molecule has 0 amide bonds. The van der Waals surface area contributed by atoms with Gasteiger partial charge in [-0.25, -0.2) is 5.10 Å². The fraction of sp³-hybridized carbons (Fsp3) is 0.217. The van der Waals surface area contributed by atoms with Gasteiger partial charge in [-0.05, 0) is 36.1 Å². The summed E-state index contributed by atoms with van der Waals surface area (Å²) >= 11 is 0. The van der Waals surface area contributed by atoms with Crippen molar-refractivity contribution >= 4 is 22.1 Å². The van der Waals surface area contributed by atoms with Crippen LogP contribution in [0.5, 0.6) is 0 Å². The maximum Gasteiger partial charge on any atom is 0.272 e. The molecule has 0 aliphatic heterocycles. The molecule has 0 radical (unpaired) electrons. The van der Waals surface area contributed by atoms with E-state index in [-0.39, 0.29) is 12.1 Å². The zero-order valence-electron chi connectivity index (χ0n) is 17.3. The Bertz CT molecular complexity index is 1280. The lowest BCUT2D eigenvalue weighted by Gasteiger charge is -2.16. The third-order valence-electron chi connectivity index (χ3n) is 5.21. The van der Waals surface area contributed by atoms with E-state index in [9.17, 15) is 10.1 Å². The van der Waals surface area contributed by atoms with E-state index < -0.39 is 0 Å². The van der Waals surface area contributed by atoms with Gasteiger partial charge in [0.1, 0.15) is 6.07 Å². The van der Waals surface area contributed by atoms with Crippen LogP contribution < -0.4 is 17.0 Å². The van der Waals surface area contributed by atoms with Crippen LogP contribution in [0.4, 0.5) is 0 Å². The molecule has 1 aromatic heterocycles. The van der Waals surface area contributed by atoms with Gasteiger partial charge in [-0.15, -0.1) is 0 Å². The molecule has 1 heterocycles. The number of nitrogens with one attached hydrogen (secondary N) is 1. The molecule has 0 saturated heterocycles. The topological polar surface area (TPSA) is 134 Å². The summed E-state index contributed by atoms with van der Waals surface area (Å²) in [7, 11) is 1.67. The van der Waals surface area contributed by atoms with Crippen molar-refractivity contribution in [2.45, 2.75) is 26.8 Å². The van der Waals surface area contributed by atoms with Crippen molar-refractivity contribution in [2.24, 2.45) is 16.5 Å². The monoisotopic (exact) mass is 400 g/mol. The second-order valence-electron chi connectivity index (χ2n) is 6.88. The molecule has 0 fully saturated rings. The van der Waals surface area contributed by atoms with Crippen LogP contribution in [0, 0.1) is 18.3 Å². The number of H-pyrrole nitrogens is 1. The van der Waals surface area contributed by atoms with Gasteiger partial charge in [-0.1, -0.05) is 31.2 Å². The molecule has 7 heteroatoms. The number of hydrogen-bond acceptors (Lipinski definition) is 6. The minimum absolute atomic E-state index is 0.184. The second kappa shape index (κ2) is 8.72. The average molecular weight is 400 g/mol. The predicted molar refractivity (Wildman–Crippen MR) is 120 cm³/mol. The standard InChI is InChI=1S/C23H24N6O/c1-4-14-6-5-7-16(18(14)10-24)22(27-3)19(11-25)15-8-13(2)21-17(9-15)20(12-26)28-29-23(21)30/h5-9,11H,4,12,25-26H2,1-3H3,(H,29,30)/b19-11-,27-22?. The number of nitrogens with zero attached hydrogens (tertiary/aromatic N) is 3. The molecule has 0 bridgehead atoms. The van der Waals surface area contributed by atoms with Crippen molar-refractivity contribution in [3.8, 4) is 6.07 Å². The number of aryl methyl sites for hydroxylation is 2. The summed E-state index contributed by atoms with van der Waals surface area (Å²) in [6, 6.07) is 11.8. The van der Waals surface area contributed by atoms with E-state index in [1.54, 1.807) is 7.05 Å². The Kier molecular flexibility index (Phi) is 6.09. The number of rotatable bonds is 5. The molecular formula is C23H24N6O. The Balaban J connectivity index is 2.28. The highest BCUT2D eigenvalue weighted by Gasteiger charge is 2.19. The fourth-order valence-electron chi connectivity index (χ4n) is 3.78. The van der Waals surface area contributed by atoms with Gasteiger partial charge in [0, 0.05) is 36.3 Å². The summed E-state index contributed by atoms with van der Waals surface area (Å²) in [6.07, 6.45) is 2.21. The number of aromatic nitrogens is 2. The molecule has 30 heavy (non-hydrogen) atoms. The van der Waals surface area contributed by atoms with Crippen molar-refractivity contribution in [3.63, 3.8) is 0 Å². The number of nitrogens with two attached hydrogens (primary N) is 2. The molecule has 3 rings (SSSR count). The van der Waals surface area contributed by atoms with Gasteiger partial charge in [-0.2, -0.15) is 10.4 Å². The first kappa shape index (κ1) is 21.0. The van der Waals surface area contributed by atoms with Crippen molar-refractivity contribution < 1.29 is 0 Å². The molecule has 0 saturated carbocycles. The van der Waals surface area contributed by atoms with Gasteiger partial charge >= 0.3 is 0 Å². The lowest BCUT2D eigenvalue weighted by molar-refractivity contribution is 0.899. The van der Waals surface area contributed by atoms with E-state index in [0.29, 0.717) is 33.3 Å². The number of hydrogen-bond donors (Lipinski definition) is 3. The van der Waals surface area contributed by atoms with Gasteiger partial charge < -0.3 is 11.5 Å². The number of benzene rings is 2. The average Bonchev–Trinajstić information content (AvgIpc) is 2.76. The minimum Gasteiger partial charge on any atom is -0.404 e. The Labute approximate surface area is 174 Å². The third-order valence-corrected chi connectivity index (χ3v) is 5.21. The van der Waals surface area contributed by atoms with E-state index in [1.807, 2.05) is 44.2 Å². The Morgan fingerprint density at radius 2 is 2.13 bits per heavy atom. The summed E-state index contributed by atoms with van der Waals surface area (Å²) in [4.78, 5) is 16.8. The van der Waals surface area contributed by atoms with Crippen LogP contribution in [0.15, 0.2) is 46.3 Å². The molecule has 0 aliphatic rings. The number of allylic oxidation sites excluding steroid dienone is 1.